The smallest absolute Gasteiger partial charge is 0.0326 e. The summed E-state index contributed by atoms with van der Waals surface area (Å²) in [5.41, 5.74) is 3.45. The summed E-state index contributed by atoms with van der Waals surface area (Å²) in [6.07, 6.45) is 2.49. The molecule has 1 nitrogen and oxygen atoms in total. The van der Waals surface area contributed by atoms with Crippen molar-refractivity contribution in [3.63, 3.8) is 0 Å². The molecule has 1 unspecified atom stereocenters. The summed E-state index contributed by atoms with van der Waals surface area (Å²) in [4.78, 5) is 0. The van der Waals surface area contributed by atoms with E-state index in [-0.39, 0.29) is 0 Å². The maximum absolute atomic E-state index is 3.74. The average Bonchev–Trinajstić information content (AvgIpc) is 2.68. The molecule has 2 atom stereocenters. The van der Waals surface area contributed by atoms with Crippen molar-refractivity contribution in [3.8, 4) is 0 Å². The molecule has 0 amide bonds. The highest BCUT2D eigenvalue weighted by molar-refractivity contribution is 5.34. The van der Waals surface area contributed by atoms with Gasteiger partial charge in [-0.05, 0) is 41.8 Å². The molecule has 1 heteroatoms. The predicted octanol–water partition coefficient (Wildman–Crippen LogP) is 3.95. The Bertz CT molecular complexity index is 375. The molecule has 0 aromatic heterocycles. The van der Waals surface area contributed by atoms with E-state index in [1.54, 1.807) is 0 Å². The van der Waals surface area contributed by atoms with Crippen molar-refractivity contribution in [2.75, 3.05) is 6.54 Å². The highest BCUT2D eigenvalue weighted by Crippen LogP contribution is 2.32. The van der Waals surface area contributed by atoms with Crippen molar-refractivity contribution in [2.24, 2.45) is 11.3 Å². The number of rotatable bonds is 3. The molecule has 1 N–H and O–H groups in total. The fourth-order valence-corrected chi connectivity index (χ4v) is 2.39. The van der Waals surface area contributed by atoms with Gasteiger partial charge in [0, 0.05) is 6.04 Å². The van der Waals surface area contributed by atoms with Gasteiger partial charge in [0.1, 0.15) is 0 Å². The zero-order chi connectivity index (χ0) is 12.5. The molecule has 0 radical (unpaired) electrons. The molecule has 0 bridgehead atoms. The molecule has 1 aromatic carbocycles. The Morgan fingerprint density at radius 1 is 1.29 bits per heavy atom. The molecular formula is C16H25N. The van der Waals surface area contributed by atoms with E-state index >= 15 is 0 Å². The van der Waals surface area contributed by atoms with Crippen LogP contribution < -0.4 is 5.32 Å². The zero-order valence-electron chi connectivity index (χ0n) is 11.6. The van der Waals surface area contributed by atoms with Gasteiger partial charge in [0.25, 0.3) is 0 Å². The van der Waals surface area contributed by atoms with Crippen LogP contribution in [0.2, 0.25) is 0 Å². The van der Waals surface area contributed by atoms with Crippen LogP contribution in [0, 0.1) is 11.3 Å². The summed E-state index contributed by atoms with van der Waals surface area (Å²) in [7, 11) is 0. The molecule has 0 saturated heterocycles. The number of hydrogen-bond acceptors (Lipinski definition) is 1. The standard InChI is InChI=1S/C16H25N/c1-12(16(2,3)4)11-17-15-10-9-13-7-5-6-8-14(13)15/h5-8,12,15,17H,9-11H2,1-4H3/t12?,15-/m1/s1. The van der Waals surface area contributed by atoms with Crippen molar-refractivity contribution < 1.29 is 0 Å². The minimum absolute atomic E-state index is 0.394. The number of hydrogen-bond donors (Lipinski definition) is 1. The molecule has 0 spiro atoms. The van der Waals surface area contributed by atoms with Gasteiger partial charge in [-0.3, -0.25) is 0 Å². The first kappa shape index (κ1) is 12.6. The van der Waals surface area contributed by atoms with E-state index in [2.05, 4.69) is 57.3 Å². The van der Waals surface area contributed by atoms with Crippen molar-refractivity contribution in [1.82, 2.24) is 5.32 Å². The van der Waals surface area contributed by atoms with Gasteiger partial charge in [0.05, 0.1) is 0 Å². The molecule has 1 aromatic rings. The first-order valence-corrected chi connectivity index (χ1v) is 6.79. The Hall–Kier alpha value is -0.820. The Balaban J connectivity index is 1.94. The van der Waals surface area contributed by atoms with Crippen LogP contribution in [0.15, 0.2) is 24.3 Å². The quantitative estimate of drug-likeness (QED) is 0.830. The number of aryl methyl sites for hydroxylation is 1. The summed E-state index contributed by atoms with van der Waals surface area (Å²) >= 11 is 0. The van der Waals surface area contributed by atoms with Crippen LogP contribution in [0.4, 0.5) is 0 Å². The van der Waals surface area contributed by atoms with E-state index in [4.69, 9.17) is 0 Å². The van der Waals surface area contributed by atoms with Gasteiger partial charge in [-0.25, -0.2) is 0 Å². The molecule has 0 aliphatic heterocycles. The molecule has 0 fully saturated rings. The van der Waals surface area contributed by atoms with Crippen molar-refractivity contribution >= 4 is 0 Å². The number of fused-ring (bicyclic) bond motifs is 1. The van der Waals surface area contributed by atoms with Crippen LogP contribution in [-0.4, -0.2) is 6.54 Å². The maximum atomic E-state index is 3.74. The zero-order valence-corrected chi connectivity index (χ0v) is 11.6. The molecule has 17 heavy (non-hydrogen) atoms. The average molecular weight is 231 g/mol. The molecule has 0 saturated carbocycles. The maximum Gasteiger partial charge on any atom is 0.0326 e. The molecule has 1 aliphatic rings. The Kier molecular flexibility index (Phi) is 3.58. The Morgan fingerprint density at radius 3 is 2.71 bits per heavy atom. The lowest BCUT2D eigenvalue weighted by Gasteiger charge is -2.29. The van der Waals surface area contributed by atoms with E-state index in [1.807, 2.05) is 0 Å². The molecule has 0 heterocycles. The molecule has 2 rings (SSSR count). The summed E-state index contributed by atoms with van der Waals surface area (Å²) in [5, 5.41) is 3.74. The summed E-state index contributed by atoms with van der Waals surface area (Å²) in [6, 6.07) is 9.44. The van der Waals surface area contributed by atoms with Crippen LogP contribution in [0.3, 0.4) is 0 Å². The van der Waals surface area contributed by atoms with Crippen LogP contribution in [-0.2, 0) is 6.42 Å². The van der Waals surface area contributed by atoms with Gasteiger partial charge in [-0.15, -0.1) is 0 Å². The number of nitrogens with one attached hydrogen (secondary N) is 1. The second-order valence-corrected chi connectivity index (χ2v) is 6.47. The SMILES string of the molecule is CC(CN[C@@H]1CCc2ccccc21)C(C)(C)C. The van der Waals surface area contributed by atoms with E-state index < -0.39 is 0 Å². The van der Waals surface area contributed by atoms with Crippen LogP contribution in [0.25, 0.3) is 0 Å². The summed E-state index contributed by atoms with van der Waals surface area (Å²) < 4.78 is 0. The van der Waals surface area contributed by atoms with E-state index in [0.29, 0.717) is 17.4 Å². The minimum atomic E-state index is 0.394. The van der Waals surface area contributed by atoms with Gasteiger partial charge in [0.2, 0.25) is 0 Å². The second kappa shape index (κ2) is 4.81. The van der Waals surface area contributed by atoms with Crippen LogP contribution in [0.1, 0.15) is 51.3 Å². The lowest BCUT2D eigenvalue weighted by Crippen LogP contribution is -2.31. The Labute approximate surface area is 106 Å². The first-order chi connectivity index (χ1) is 7.98. The Morgan fingerprint density at radius 2 is 2.00 bits per heavy atom. The normalized spacial score (nSPS) is 21.3. The molecule has 94 valence electrons. The lowest BCUT2D eigenvalue weighted by atomic mass is 9.82. The third-order valence-electron chi connectivity index (χ3n) is 4.28. The highest BCUT2D eigenvalue weighted by atomic mass is 14.9. The van der Waals surface area contributed by atoms with E-state index in [1.165, 1.54) is 24.0 Å². The van der Waals surface area contributed by atoms with Crippen molar-refractivity contribution in [3.05, 3.63) is 35.4 Å². The molecular weight excluding hydrogens is 206 g/mol. The van der Waals surface area contributed by atoms with Gasteiger partial charge in [-0.2, -0.15) is 0 Å². The van der Waals surface area contributed by atoms with Gasteiger partial charge in [-0.1, -0.05) is 52.0 Å². The van der Waals surface area contributed by atoms with Crippen molar-refractivity contribution in [2.45, 2.75) is 46.6 Å². The number of benzene rings is 1. The predicted molar refractivity (Wildman–Crippen MR) is 74.1 cm³/mol. The third-order valence-corrected chi connectivity index (χ3v) is 4.28. The van der Waals surface area contributed by atoms with Crippen LogP contribution in [0.5, 0.6) is 0 Å². The largest absolute Gasteiger partial charge is 0.310 e. The van der Waals surface area contributed by atoms with Crippen LogP contribution >= 0.6 is 0 Å². The highest BCUT2D eigenvalue weighted by Gasteiger charge is 2.24. The fourth-order valence-electron chi connectivity index (χ4n) is 2.39. The van der Waals surface area contributed by atoms with E-state index in [0.717, 1.165) is 6.54 Å². The second-order valence-electron chi connectivity index (χ2n) is 6.47. The topological polar surface area (TPSA) is 12.0 Å². The van der Waals surface area contributed by atoms with Gasteiger partial charge >= 0.3 is 0 Å². The monoisotopic (exact) mass is 231 g/mol. The lowest BCUT2D eigenvalue weighted by molar-refractivity contribution is 0.245. The van der Waals surface area contributed by atoms with Gasteiger partial charge in [0.15, 0.2) is 0 Å². The first-order valence-electron chi connectivity index (χ1n) is 6.79. The fraction of sp³-hybridized carbons (Fsp3) is 0.625. The van der Waals surface area contributed by atoms with Crippen molar-refractivity contribution in [1.29, 1.82) is 0 Å². The third kappa shape index (κ3) is 2.90. The summed E-state index contributed by atoms with van der Waals surface area (Å²) in [5.74, 6) is 0.704. The van der Waals surface area contributed by atoms with E-state index in [9.17, 15) is 0 Å². The minimum Gasteiger partial charge on any atom is -0.310 e. The van der Waals surface area contributed by atoms with Gasteiger partial charge < -0.3 is 5.32 Å². The summed E-state index contributed by atoms with van der Waals surface area (Å²) in [6.45, 7) is 10.4. The molecule has 1 aliphatic carbocycles.